The number of ether oxygens (including phenoxy) is 1. The number of nitrogens with one attached hydrogen (secondary N) is 2. The lowest BCUT2D eigenvalue weighted by Crippen LogP contribution is -2.44. The van der Waals surface area contributed by atoms with E-state index in [1.54, 1.807) is 6.07 Å². The van der Waals surface area contributed by atoms with Gasteiger partial charge in [-0.05, 0) is 55.9 Å². The summed E-state index contributed by atoms with van der Waals surface area (Å²) in [6.07, 6.45) is 3.80. The first-order valence-electron chi connectivity index (χ1n) is 9.81. The molecule has 6 nitrogen and oxygen atoms in total. The van der Waals surface area contributed by atoms with Crippen LogP contribution in [0.15, 0.2) is 48.5 Å². The number of para-hydroxylation sites is 2. The molecule has 1 aliphatic carbocycles. The van der Waals surface area contributed by atoms with E-state index in [9.17, 15) is 9.59 Å². The maximum absolute atomic E-state index is 13.0. The lowest BCUT2D eigenvalue weighted by Gasteiger charge is -2.20. The summed E-state index contributed by atoms with van der Waals surface area (Å²) in [5.41, 5.74) is 9.31. The van der Waals surface area contributed by atoms with Gasteiger partial charge in [-0.3, -0.25) is 25.4 Å². The highest BCUT2D eigenvalue weighted by molar-refractivity contribution is 6.08. The van der Waals surface area contributed by atoms with Gasteiger partial charge in [0, 0.05) is 11.1 Å². The van der Waals surface area contributed by atoms with Gasteiger partial charge in [0.1, 0.15) is 5.75 Å². The number of nitrogens with zero attached hydrogens (tertiary/aromatic N) is 1. The number of aromatic nitrogens is 1. The Bertz CT molecular complexity index is 1080. The first kappa shape index (κ1) is 18.9. The van der Waals surface area contributed by atoms with Gasteiger partial charge in [0.05, 0.1) is 11.1 Å². The predicted molar refractivity (Wildman–Crippen MR) is 111 cm³/mol. The number of hydrogen-bond donors (Lipinski definition) is 2. The second-order valence-electron chi connectivity index (χ2n) is 7.19. The van der Waals surface area contributed by atoms with Crippen LogP contribution in [0.4, 0.5) is 0 Å². The fraction of sp³-hybridized carbons (Fsp3) is 0.261. The normalized spacial score (nSPS) is 12.9. The Hall–Kier alpha value is -3.41. The van der Waals surface area contributed by atoms with E-state index in [4.69, 9.17) is 9.72 Å². The second kappa shape index (κ2) is 8.31. The van der Waals surface area contributed by atoms with E-state index in [1.165, 1.54) is 0 Å². The van der Waals surface area contributed by atoms with Crippen LogP contribution in [-0.4, -0.2) is 23.4 Å². The van der Waals surface area contributed by atoms with Gasteiger partial charge in [-0.25, -0.2) is 0 Å². The fourth-order valence-electron chi connectivity index (χ4n) is 3.72. The van der Waals surface area contributed by atoms with E-state index in [1.807, 2.05) is 49.4 Å². The van der Waals surface area contributed by atoms with Crippen molar-refractivity contribution in [1.82, 2.24) is 15.8 Å². The third kappa shape index (κ3) is 4.06. The molecule has 0 saturated heterocycles. The molecule has 0 aliphatic heterocycles. The van der Waals surface area contributed by atoms with Gasteiger partial charge in [-0.15, -0.1) is 0 Å². The minimum absolute atomic E-state index is 0.180. The molecule has 29 heavy (non-hydrogen) atoms. The lowest BCUT2D eigenvalue weighted by atomic mass is 9.89. The molecule has 1 aliphatic rings. The molecule has 0 spiro atoms. The summed E-state index contributed by atoms with van der Waals surface area (Å²) in [4.78, 5) is 29.9. The van der Waals surface area contributed by atoms with Crippen LogP contribution >= 0.6 is 0 Å². The van der Waals surface area contributed by atoms with Crippen molar-refractivity contribution >= 4 is 22.7 Å². The topological polar surface area (TPSA) is 80.3 Å². The minimum Gasteiger partial charge on any atom is -0.483 e. The summed E-state index contributed by atoms with van der Waals surface area (Å²) in [7, 11) is 0. The quantitative estimate of drug-likeness (QED) is 0.671. The molecule has 0 bridgehead atoms. The molecule has 0 unspecified atom stereocenters. The number of hydrazine groups is 1. The molecule has 6 heteroatoms. The van der Waals surface area contributed by atoms with Crippen molar-refractivity contribution < 1.29 is 14.3 Å². The van der Waals surface area contributed by atoms with E-state index in [-0.39, 0.29) is 12.5 Å². The molecular weight excluding hydrogens is 366 g/mol. The lowest BCUT2D eigenvalue weighted by molar-refractivity contribution is -0.123. The number of pyridine rings is 1. The zero-order valence-electron chi connectivity index (χ0n) is 16.3. The molecular formula is C23H23N3O3. The molecule has 4 rings (SSSR count). The molecule has 148 valence electrons. The Balaban J connectivity index is 1.48. The van der Waals surface area contributed by atoms with Gasteiger partial charge in [-0.2, -0.15) is 0 Å². The highest BCUT2D eigenvalue weighted by atomic mass is 16.5. The summed E-state index contributed by atoms with van der Waals surface area (Å²) in [6, 6.07) is 15.1. The first-order valence-corrected chi connectivity index (χ1v) is 9.81. The summed E-state index contributed by atoms with van der Waals surface area (Å²) < 4.78 is 5.52. The largest absolute Gasteiger partial charge is 0.483 e. The number of carbonyl (C=O) groups is 2. The minimum atomic E-state index is -0.422. The maximum Gasteiger partial charge on any atom is 0.276 e. The fourth-order valence-corrected chi connectivity index (χ4v) is 3.72. The molecule has 2 aromatic carbocycles. The van der Waals surface area contributed by atoms with Crippen molar-refractivity contribution in [3.63, 3.8) is 0 Å². The molecule has 0 fully saturated rings. The number of aryl methyl sites for hydroxylation is 2. The Morgan fingerprint density at radius 1 is 1.00 bits per heavy atom. The highest BCUT2D eigenvalue weighted by Gasteiger charge is 2.22. The number of rotatable bonds is 4. The van der Waals surface area contributed by atoms with E-state index < -0.39 is 5.91 Å². The Morgan fingerprint density at radius 3 is 2.62 bits per heavy atom. The number of amides is 2. The highest BCUT2D eigenvalue weighted by Crippen LogP contribution is 2.29. The van der Waals surface area contributed by atoms with Crippen molar-refractivity contribution in [3.8, 4) is 5.75 Å². The first-order chi connectivity index (χ1) is 14.1. The second-order valence-corrected chi connectivity index (χ2v) is 7.19. The average Bonchev–Trinajstić information content (AvgIpc) is 2.75. The summed E-state index contributed by atoms with van der Waals surface area (Å²) in [5.74, 6) is -0.108. The Kier molecular flexibility index (Phi) is 5.42. The van der Waals surface area contributed by atoms with E-state index in [2.05, 4.69) is 10.9 Å². The van der Waals surface area contributed by atoms with Crippen LogP contribution in [0.25, 0.3) is 10.9 Å². The number of hydrogen-bond acceptors (Lipinski definition) is 4. The van der Waals surface area contributed by atoms with Gasteiger partial charge in [0.25, 0.3) is 11.8 Å². The van der Waals surface area contributed by atoms with Gasteiger partial charge >= 0.3 is 0 Å². The van der Waals surface area contributed by atoms with Gasteiger partial charge in [0.2, 0.25) is 0 Å². The third-order valence-corrected chi connectivity index (χ3v) is 5.16. The summed E-state index contributed by atoms with van der Waals surface area (Å²) in [6.45, 7) is 1.73. The zero-order chi connectivity index (χ0) is 20.2. The van der Waals surface area contributed by atoms with Crippen LogP contribution in [-0.2, 0) is 17.6 Å². The van der Waals surface area contributed by atoms with Crippen molar-refractivity contribution in [2.45, 2.75) is 32.6 Å². The predicted octanol–water partition coefficient (Wildman–Crippen LogP) is 3.26. The summed E-state index contributed by atoms with van der Waals surface area (Å²) >= 11 is 0. The van der Waals surface area contributed by atoms with Gasteiger partial charge in [0.15, 0.2) is 6.61 Å². The SMILES string of the molecule is Cc1ccccc1OCC(=O)NNC(=O)c1c2c(nc3ccccc13)CCCC2. The molecule has 2 N–H and O–H groups in total. The van der Waals surface area contributed by atoms with Crippen LogP contribution in [0.3, 0.4) is 0 Å². The smallest absolute Gasteiger partial charge is 0.276 e. The average molecular weight is 389 g/mol. The van der Waals surface area contributed by atoms with Gasteiger partial charge in [-0.1, -0.05) is 36.4 Å². The Morgan fingerprint density at radius 2 is 1.76 bits per heavy atom. The monoisotopic (exact) mass is 389 g/mol. The number of fused-ring (bicyclic) bond motifs is 2. The molecule has 0 saturated carbocycles. The molecule has 1 heterocycles. The van der Waals surface area contributed by atoms with Gasteiger partial charge < -0.3 is 4.74 Å². The zero-order valence-corrected chi connectivity index (χ0v) is 16.3. The van der Waals surface area contributed by atoms with Crippen molar-refractivity contribution in [3.05, 3.63) is 70.9 Å². The van der Waals surface area contributed by atoms with E-state index in [0.717, 1.165) is 53.4 Å². The molecule has 3 aromatic rings. The van der Waals surface area contributed by atoms with E-state index in [0.29, 0.717) is 11.3 Å². The van der Waals surface area contributed by atoms with E-state index >= 15 is 0 Å². The van der Waals surface area contributed by atoms with Crippen LogP contribution < -0.4 is 15.6 Å². The molecule has 1 aromatic heterocycles. The maximum atomic E-state index is 13.0. The summed E-state index contributed by atoms with van der Waals surface area (Å²) in [5, 5.41) is 0.802. The van der Waals surface area contributed by atoms with Crippen LogP contribution in [0.2, 0.25) is 0 Å². The standard InChI is InChI=1S/C23H23N3O3/c1-15-8-2-7-13-20(15)29-14-21(27)25-26-23(28)22-16-9-3-5-11-18(16)24-19-12-6-4-10-17(19)22/h2-3,5,7-9,11,13H,4,6,10,12,14H2,1H3,(H,25,27)(H,26,28). The number of carbonyl (C=O) groups excluding carboxylic acids is 2. The van der Waals surface area contributed by atoms with Crippen molar-refractivity contribution in [2.75, 3.05) is 6.61 Å². The third-order valence-electron chi connectivity index (χ3n) is 5.16. The van der Waals surface area contributed by atoms with Crippen LogP contribution in [0.5, 0.6) is 5.75 Å². The Labute approximate surface area is 169 Å². The molecule has 2 amide bonds. The van der Waals surface area contributed by atoms with Crippen molar-refractivity contribution in [1.29, 1.82) is 0 Å². The molecule has 0 radical (unpaired) electrons. The van der Waals surface area contributed by atoms with Crippen LogP contribution in [0, 0.1) is 6.92 Å². The number of benzene rings is 2. The molecule has 0 atom stereocenters. The van der Waals surface area contributed by atoms with Crippen LogP contribution in [0.1, 0.15) is 40.0 Å². The van der Waals surface area contributed by atoms with Crippen molar-refractivity contribution in [2.24, 2.45) is 0 Å².